The highest BCUT2D eigenvalue weighted by Gasteiger charge is 2.21. The van der Waals surface area contributed by atoms with Gasteiger partial charge < -0.3 is 9.80 Å². The number of nitrogens with zero attached hydrogens (tertiary/aromatic N) is 3. The van der Waals surface area contributed by atoms with Gasteiger partial charge in [0, 0.05) is 44.1 Å². The lowest BCUT2D eigenvalue weighted by molar-refractivity contribution is 0.0643. The molecule has 23 heavy (non-hydrogen) atoms. The van der Waals surface area contributed by atoms with Gasteiger partial charge in [0.25, 0.3) is 5.91 Å². The van der Waals surface area contributed by atoms with E-state index in [0.717, 1.165) is 43.9 Å². The number of benzene rings is 1. The molecule has 2 heterocycles. The van der Waals surface area contributed by atoms with Crippen molar-refractivity contribution in [2.24, 2.45) is 0 Å². The van der Waals surface area contributed by atoms with Crippen LogP contribution in [-0.4, -0.2) is 53.4 Å². The molecule has 0 atom stereocenters. The summed E-state index contributed by atoms with van der Waals surface area (Å²) in [7, 11) is 0. The summed E-state index contributed by atoms with van der Waals surface area (Å²) in [6.07, 6.45) is 3.50. The minimum absolute atomic E-state index is 0.0867. The molecule has 0 unspecified atom stereocenters. The van der Waals surface area contributed by atoms with Gasteiger partial charge in [0.15, 0.2) is 0 Å². The van der Waals surface area contributed by atoms with Gasteiger partial charge >= 0.3 is 0 Å². The van der Waals surface area contributed by atoms with Gasteiger partial charge in [-0.05, 0) is 30.7 Å². The predicted molar refractivity (Wildman–Crippen MR) is 92.4 cm³/mol. The van der Waals surface area contributed by atoms with E-state index in [0.29, 0.717) is 5.56 Å². The third kappa shape index (κ3) is 3.42. The fourth-order valence-electron chi connectivity index (χ4n) is 3.05. The number of pyridine rings is 1. The van der Waals surface area contributed by atoms with Crippen LogP contribution in [0.1, 0.15) is 22.8 Å². The Labute approximate surface area is 137 Å². The van der Waals surface area contributed by atoms with Gasteiger partial charge in [-0.1, -0.05) is 31.2 Å². The average molecular weight is 309 g/mol. The van der Waals surface area contributed by atoms with Gasteiger partial charge in [-0.25, -0.2) is 0 Å². The first-order valence-corrected chi connectivity index (χ1v) is 8.21. The maximum Gasteiger partial charge on any atom is 0.255 e. The van der Waals surface area contributed by atoms with Crippen LogP contribution in [-0.2, 0) is 0 Å². The van der Waals surface area contributed by atoms with Crippen molar-refractivity contribution in [2.45, 2.75) is 13.8 Å². The van der Waals surface area contributed by atoms with Crippen LogP contribution < -0.4 is 0 Å². The van der Waals surface area contributed by atoms with Gasteiger partial charge in [-0.3, -0.25) is 9.78 Å². The maximum absolute atomic E-state index is 12.7. The van der Waals surface area contributed by atoms with E-state index >= 15 is 0 Å². The van der Waals surface area contributed by atoms with Crippen LogP contribution >= 0.6 is 0 Å². The highest BCUT2D eigenvalue weighted by atomic mass is 16.2. The summed E-state index contributed by atoms with van der Waals surface area (Å²) in [5.74, 6) is 0.0867. The number of aryl methyl sites for hydroxylation is 1. The van der Waals surface area contributed by atoms with Crippen LogP contribution in [0.15, 0.2) is 42.7 Å². The molecule has 0 bridgehead atoms. The summed E-state index contributed by atoms with van der Waals surface area (Å²) >= 11 is 0. The molecule has 1 saturated heterocycles. The molecule has 1 aromatic heterocycles. The molecule has 120 valence electrons. The highest BCUT2D eigenvalue weighted by molar-refractivity contribution is 5.95. The van der Waals surface area contributed by atoms with Crippen LogP contribution in [0.25, 0.3) is 11.1 Å². The maximum atomic E-state index is 12.7. The summed E-state index contributed by atoms with van der Waals surface area (Å²) in [5, 5.41) is 0. The largest absolute Gasteiger partial charge is 0.336 e. The van der Waals surface area contributed by atoms with Crippen molar-refractivity contribution < 1.29 is 4.79 Å². The standard InChI is InChI=1S/C19H23N3O/c1-3-21-8-10-22(11-9-21)19(23)17-12-16(13-20-14-17)18-7-5-4-6-15(18)2/h4-7,12-14H,3,8-11H2,1-2H3. The van der Waals surface area contributed by atoms with E-state index in [4.69, 9.17) is 0 Å². The van der Waals surface area contributed by atoms with Crippen LogP contribution in [0.4, 0.5) is 0 Å². The van der Waals surface area contributed by atoms with Crippen LogP contribution in [0.2, 0.25) is 0 Å². The fourth-order valence-corrected chi connectivity index (χ4v) is 3.05. The second-order valence-corrected chi connectivity index (χ2v) is 6.00. The van der Waals surface area contributed by atoms with E-state index in [2.05, 4.69) is 35.9 Å². The molecule has 1 aromatic carbocycles. The molecule has 0 radical (unpaired) electrons. The van der Waals surface area contributed by atoms with E-state index in [1.807, 2.05) is 29.3 Å². The zero-order valence-electron chi connectivity index (χ0n) is 13.8. The van der Waals surface area contributed by atoms with Crippen LogP contribution in [0.5, 0.6) is 0 Å². The predicted octanol–water partition coefficient (Wildman–Crippen LogP) is 2.83. The van der Waals surface area contributed by atoms with Gasteiger partial charge in [-0.15, -0.1) is 0 Å². The average Bonchev–Trinajstić information content (AvgIpc) is 2.62. The monoisotopic (exact) mass is 309 g/mol. The molecular weight excluding hydrogens is 286 g/mol. The Morgan fingerprint density at radius 1 is 1.13 bits per heavy atom. The molecule has 1 amide bonds. The molecule has 1 aliphatic heterocycles. The number of carbonyl (C=O) groups excluding carboxylic acids is 1. The second-order valence-electron chi connectivity index (χ2n) is 6.00. The zero-order valence-corrected chi connectivity index (χ0v) is 13.8. The van der Waals surface area contributed by atoms with Gasteiger partial charge in [0.1, 0.15) is 0 Å². The summed E-state index contributed by atoms with van der Waals surface area (Å²) in [4.78, 5) is 21.3. The second kappa shape index (κ2) is 6.92. The van der Waals surface area contributed by atoms with Crippen molar-refractivity contribution in [2.75, 3.05) is 32.7 Å². The Morgan fingerprint density at radius 2 is 1.87 bits per heavy atom. The van der Waals surface area contributed by atoms with E-state index in [-0.39, 0.29) is 5.91 Å². The quantitative estimate of drug-likeness (QED) is 0.875. The van der Waals surface area contributed by atoms with E-state index in [1.54, 1.807) is 6.20 Å². The number of piperazine rings is 1. The van der Waals surface area contributed by atoms with E-state index in [1.165, 1.54) is 5.56 Å². The van der Waals surface area contributed by atoms with Crippen molar-refractivity contribution >= 4 is 5.91 Å². The van der Waals surface area contributed by atoms with Crippen molar-refractivity contribution in [1.29, 1.82) is 0 Å². The Hall–Kier alpha value is -2.20. The number of amides is 1. The minimum Gasteiger partial charge on any atom is -0.336 e. The molecule has 4 nitrogen and oxygen atoms in total. The number of carbonyl (C=O) groups is 1. The topological polar surface area (TPSA) is 36.4 Å². The molecule has 0 spiro atoms. The molecule has 0 N–H and O–H groups in total. The van der Waals surface area contributed by atoms with Gasteiger partial charge in [0.2, 0.25) is 0 Å². The van der Waals surface area contributed by atoms with Crippen LogP contribution in [0, 0.1) is 6.92 Å². The Morgan fingerprint density at radius 3 is 2.57 bits per heavy atom. The molecule has 1 aliphatic rings. The van der Waals surface area contributed by atoms with E-state index in [9.17, 15) is 4.79 Å². The summed E-state index contributed by atoms with van der Waals surface area (Å²) in [5.41, 5.74) is 4.00. The first-order chi connectivity index (χ1) is 11.2. The first-order valence-electron chi connectivity index (χ1n) is 8.21. The Bertz CT molecular complexity index is 691. The lowest BCUT2D eigenvalue weighted by Crippen LogP contribution is -2.48. The van der Waals surface area contributed by atoms with Gasteiger partial charge in [-0.2, -0.15) is 0 Å². The third-order valence-electron chi connectivity index (χ3n) is 4.55. The first kappa shape index (κ1) is 15.7. The normalized spacial score (nSPS) is 15.7. The molecule has 0 aliphatic carbocycles. The van der Waals surface area contributed by atoms with Crippen LogP contribution in [0.3, 0.4) is 0 Å². The number of likely N-dealkylation sites (N-methyl/N-ethyl adjacent to an activating group) is 1. The van der Waals surface area contributed by atoms with Crippen molar-refractivity contribution in [3.63, 3.8) is 0 Å². The lowest BCUT2D eigenvalue weighted by Gasteiger charge is -2.34. The van der Waals surface area contributed by atoms with E-state index < -0.39 is 0 Å². The number of aromatic nitrogens is 1. The summed E-state index contributed by atoms with van der Waals surface area (Å²) < 4.78 is 0. The van der Waals surface area contributed by atoms with Crippen molar-refractivity contribution in [3.8, 4) is 11.1 Å². The molecular formula is C19H23N3O. The zero-order chi connectivity index (χ0) is 16.2. The fraction of sp³-hybridized carbons (Fsp3) is 0.368. The Kier molecular flexibility index (Phi) is 4.72. The van der Waals surface area contributed by atoms with Crippen molar-refractivity contribution in [1.82, 2.24) is 14.8 Å². The Balaban J connectivity index is 1.80. The van der Waals surface area contributed by atoms with Crippen molar-refractivity contribution in [3.05, 3.63) is 53.9 Å². The lowest BCUT2D eigenvalue weighted by atomic mass is 10.0. The minimum atomic E-state index is 0.0867. The molecule has 1 fully saturated rings. The molecule has 2 aromatic rings. The molecule has 3 rings (SSSR count). The van der Waals surface area contributed by atoms with Gasteiger partial charge in [0.05, 0.1) is 5.56 Å². The number of rotatable bonds is 3. The molecule has 4 heteroatoms. The SMILES string of the molecule is CCN1CCN(C(=O)c2cncc(-c3ccccc3C)c2)CC1. The highest BCUT2D eigenvalue weighted by Crippen LogP contribution is 2.23. The summed E-state index contributed by atoms with van der Waals surface area (Å²) in [6, 6.07) is 10.1. The third-order valence-corrected chi connectivity index (χ3v) is 4.55. The summed E-state index contributed by atoms with van der Waals surface area (Å²) in [6.45, 7) is 8.77. The molecule has 0 saturated carbocycles. The number of hydrogen-bond donors (Lipinski definition) is 0. The number of hydrogen-bond acceptors (Lipinski definition) is 3. The smallest absolute Gasteiger partial charge is 0.255 e.